The Morgan fingerprint density at radius 3 is 2.91 bits per heavy atom. The molecule has 1 aromatic heterocycles. The third-order valence-electron chi connectivity index (χ3n) is 4.89. The quantitative estimate of drug-likeness (QED) is 0.911. The zero-order valence-electron chi connectivity index (χ0n) is 14.2. The Labute approximate surface area is 137 Å². The first-order valence-corrected chi connectivity index (χ1v) is 8.45. The predicted octanol–water partition coefficient (Wildman–Crippen LogP) is 3.46. The lowest BCUT2D eigenvalue weighted by molar-refractivity contribution is -0.122. The fourth-order valence-corrected chi connectivity index (χ4v) is 3.41. The molecule has 5 heteroatoms. The third kappa shape index (κ3) is 3.24. The van der Waals surface area contributed by atoms with Gasteiger partial charge in [0.15, 0.2) is 0 Å². The second kappa shape index (κ2) is 5.96. The molecule has 23 heavy (non-hydrogen) atoms. The Hall–Kier alpha value is -1.88. The first-order valence-electron chi connectivity index (χ1n) is 8.45. The van der Waals surface area contributed by atoms with Gasteiger partial charge in [0.25, 0.3) is 0 Å². The van der Waals surface area contributed by atoms with Crippen LogP contribution in [0.3, 0.4) is 0 Å². The monoisotopic (exact) mass is 314 g/mol. The summed E-state index contributed by atoms with van der Waals surface area (Å²) in [6.45, 7) is 6.19. The first kappa shape index (κ1) is 16.0. The van der Waals surface area contributed by atoms with E-state index >= 15 is 0 Å². The van der Waals surface area contributed by atoms with Gasteiger partial charge in [0.05, 0.1) is 11.4 Å². The number of fused-ring (bicyclic) bond motifs is 1. The van der Waals surface area contributed by atoms with Gasteiger partial charge in [0.2, 0.25) is 5.91 Å². The summed E-state index contributed by atoms with van der Waals surface area (Å²) in [5.41, 5.74) is 7.68. The summed E-state index contributed by atoms with van der Waals surface area (Å²) in [4.78, 5) is 12.6. The van der Waals surface area contributed by atoms with Gasteiger partial charge in [-0.05, 0) is 51.8 Å². The van der Waals surface area contributed by atoms with Crippen molar-refractivity contribution in [2.45, 2.75) is 58.0 Å². The minimum Gasteiger partial charge on any atom is -0.326 e. The molecule has 0 radical (unpaired) electrons. The molecule has 1 heterocycles. The van der Waals surface area contributed by atoms with Crippen LogP contribution in [0.4, 0.5) is 5.69 Å². The lowest BCUT2D eigenvalue weighted by Crippen LogP contribution is -2.51. The number of nitrogens with one attached hydrogen (secondary N) is 1. The molecule has 1 aliphatic rings. The zero-order chi connectivity index (χ0) is 16.6. The number of aromatic nitrogens is 2. The molecule has 1 aliphatic carbocycles. The average Bonchev–Trinajstić information content (AvgIpc) is 2.90. The van der Waals surface area contributed by atoms with Gasteiger partial charge in [0, 0.05) is 28.9 Å². The summed E-state index contributed by atoms with van der Waals surface area (Å²) < 4.78 is 1.94. The molecule has 2 aromatic rings. The maximum atomic E-state index is 12.6. The van der Waals surface area contributed by atoms with Crippen molar-refractivity contribution in [1.29, 1.82) is 0 Å². The van der Waals surface area contributed by atoms with E-state index in [0.717, 1.165) is 42.3 Å². The molecule has 3 rings (SSSR count). The van der Waals surface area contributed by atoms with Crippen molar-refractivity contribution in [3.63, 3.8) is 0 Å². The molecule has 2 unspecified atom stereocenters. The second-order valence-corrected chi connectivity index (χ2v) is 7.27. The predicted molar refractivity (Wildman–Crippen MR) is 93.3 cm³/mol. The van der Waals surface area contributed by atoms with Gasteiger partial charge in [-0.1, -0.05) is 12.8 Å². The van der Waals surface area contributed by atoms with Gasteiger partial charge >= 0.3 is 0 Å². The van der Waals surface area contributed by atoms with E-state index in [1.165, 1.54) is 0 Å². The number of anilines is 1. The van der Waals surface area contributed by atoms with E-state index < -0.39 is 5.54 Å². The van der Waals surface area contributed by atoms with Gasteiger partial charge < -0.3 is 11.1 Å². The second-order valence-electron chi connectivity index (χ2n) is 7.27. The van der Waals surface area contributed by atoms with Crippen LogP contribution in [-0.4, -0.2) is 21.2 Å². The summed E-state index contributed by atoms with van der Waals surface area (Å²) in [7, 11) is 0. The Morgan fingerprint density at radius 2 is 2.22 bits per heavy atom. The number of carbonyl (C=O) groups is 1. The normalized spacial score (nSPS) is 25.0. The molecule has 0 spiro atoms. The number of nitrogens with two attached hydrogens (primary N) is 1. The number of benzene rings is 1. The van der Waals surface area contributed by atoms with Gasteiger partial charge in [-0.2, -0.15) is 5.10 Å². The maximum Gasteiger partial charge on any atom is 0.229 e. The van der Waals surface area contributed by atoms with Gasteiger partial charge in [-0.15, -0.1) is 0 Å². The van der Waals surface area contributed by atoms with Crippen molar-refractivity contribution in [3.05, 3.63) is 24.4 Å². The standard InChI is InChI=1S/C18H26N4O/c1-12(2)22-11-13-10-14(7-8-16(13)21-22)20-17(23)15-6-4-5-9-18(15,3)19/h7-8,10-12,15H,4-6,9,19H2,1-3H3,(H,20,23). The molecule has 0 aliphatic heterocycles. The van der Waals surface area contributed by atoms with Crippen LogP contribution in [0.15, 0.2) is 24.4 Å². The van der Waals surface area contributed by atoms with Crippen molar-refractivity contribution in [2.24, 2.45) is 11.7 Å². The topological polar surface area (TPSA) is 72.9 Å². The molecule has 1 fully saturated rings. The highest BCUT2D eigenvalue weighted by molar-refractivity contribution is 5.95. The fourth-order valence-electron chi connectivity index (χ4n) is 3.41. The summed E-state index contributed by atoms with van der Waals surface area (Å²) >= 11 is 0. The van der Waals surface area contributed by atoms with E-state index in [9.17, 15) is 4.79 Å². The lowest BCUT2D eigenvalue weighted by atomic mass is 9.74. The molecule has 0 saturated heterocycles. The molecule has 5 nitrogen and oxygen atoms in total. The van der Waals surface area contributed by atoms with E-state index in [0.29, 0.717) is 6.04 Å². The van der Waals surface area contributed by atoms with Crippen molar-refractivity contribution in [2.75, 3.05) is 5.32 Å². The van der Waals surface area contributed by atoms with Crippen LogP contribution in [0.2, 0.25) is 0 Å². The van der Waals surface area contributed by atoms with E-state index in [4.69, 9.17) is 5.73 Å². The van der Waals surface area contributed by atoms with Crippen LogP contribution in [-0.2, 0) is 4.79 Å². The van der Waals surface area contributed by atoms with Gasteiger partial charge in [0.1, 0.15) is 0 Å². The zero-order valence-corrected chi connectivity index (χ0v) is 14.2. The van der Waals surface area contributed by atoms with Gasteiger partial charge in [-0.25, -0.2) is 0 Å². The molecule has 124 valence electrons. The Balaban J connectivity index is 1.79. The van der Waals surface area contributed by atoms with E-state index in [1.807, 2.05) is 36.0 Å². The average molecular weight is 314 g/mol. The summed E-state index contributed by atoms with van der Waals surface area (Å²) in [5.74, 6) is -0.0874. The van der Waals surface area contributed by atoms with E-state index in [-0.39, 0.29) is 11.8 Å². The van der Waals surface area contributed by atoms with Crippen LogP contribution < -0.4 is 11.1 Å². The molecule has 1 aromatic carbocycles. The highest BCUT2D eigenvalue weighted by atomic mass is 16.1. The van der Waals surface area contributed by atoms with E-state index in [2.05, 4.69) is 24.3 Å². The number of hydrogen-bond acceptors (Lipinski definition) is 3. The SMILES string of the molecule is CC(C)n1cc2cc(NC(=O)C3CCCCC3(C)N)ccc2n1. The maximum absolute atomic E-state index is 12.6. The summed E-state index contributed by atoms with van der Waals surface area (Å²) in [6, 6.07) is 6.16. The van der Waals surface area contributed by atoms with Crippen LogP contribution >= 0.6 is 0 Å². The van der Waals surface area contributed by atoms with Crippen molar-refractivity contribution >= 4 is 22.5 Å². The smallest absolute Gasteiger partial charge is 0.229 e. The van der Waals surface area contributed by atoms with Crippen molar-refractivity contribution < 1.29 is 4.79 Å². The summed E-state index contributed by atoms with van der Waals surface area (Å²) in [5, 5.41) is 8.61. The van der Waals surface area contributed by atoms with Crippen LogP contribution in [0.5, 0.6) is 0 Å². The molecule has 3 N–H and O–H groups in total. The lowest BCUT2D eigenvalue weighted by Gasteiger charge is -2.37. The minimum atomic E-state index is -0.408. The van der Waals surface area contributed by atoms with Crippen LogP contribution in [0.1, 0.15) is 52.5 Å². The molecule has 2 atom stereocenters. The van der Waals surface area contributed by atoms with Crippen LogP contribution in [0, 0.1) is 5.92 Å². The number of nitrogens with zero attached hydrogens (tertiary/aromatic N) is 2. The van der Waals surface area contributed by atoms with Crippen molar-refractivity contribution in [1.82, 2.24) is 9.78 Å². The minimum absolute atomic E-state index is 0.0327. The molecular formula is C18H26N4O. The largest absolute Gasteiger partial charge is 0.326 e. The van der Waals surface area contributed by atoms with Crippen LogP contribution in [0.25, 0.3) is 10.9 Å². The number of amides is 1. The Kier molecular flexibility index (Phi) is 4.15. The number of carbonyl (C=O) groups excluding carboxylic acids is 1. The first-order chi connectivity index (χ1) is 10.9. The fraction of sp³-hybridized carbons (Fsp3) is 0.556. The highest BCUT2D eigenvalue weighted by Gasteiger charge is 2.37. The summed E-state index contributed by atoms with van der Waals surface area (Å²) in [6.07, 6.45) is 5.98. The highest BCUT2D eigenvalue weighted by Crippen LogP contribution is 2.32. The molecular weight excluding hydrogens is 288 g/mol. The molecule has 1 saturated carbocycles. The molecule has 0 bridgehead atoms. The number of hydrogen-bond donors (Lipinski definition) is 2. The Bertz CT molecular complexity index is 717. The third-order valence-corrected chi connectivity index (χ3v) is 4.89. The number of rotatable bonds is 3. The molecule has 1 amide bonds. The van der Waals surface area contributed by atoms with Crippen molar-refractivity contribution in [3.8, 4) is 0 Å². The van der Waals surface area contributed by atoms with Gasteiger partial charge in [-0.3, -0.25) is 9.48 Å². The van der Waals surface area contributed by atoms with E-state index in [1.54, 1.807) is 0 Å². The Morgan fingerprint density at radius 1 is 1.43 bits per heavy atom.